The largest absolute Gasteiger partial charge is 0.310 e. The number of anilines is 3. The number of hydrogen-bond acceptors (Lipinski definition) is 1. The Kier molecular flexibility index (Phi) is 9.02. The minimum atomic E-state index is -0.104. The molecule has 0 atom stereocenters. The van der Waals surface area contributed by atoms with Crippen molar-refractivity contribution in [3.8, 4) is 22.3 Å². The van der Waals surface area contributed by atoms with E-state index in [1.165, 1.54) is 55.8 Å². The van der Waals surface area contributed by atoms with E-state index in [-0.39, 0.29) is 5.41 Å². The molecule has 2 heteroatoms. The maximum atomic E-state index is 3.94. The first-order valence-corrected chi connectivity index (χ1v) is 17.6. The number of allylic oxidation sites excluding steroid dienone is 4. The summed E-state index contributed by atoms with van der Waals surface area (Å²) in [6.07, 6.45) is 9.09. The molecule has 0 radical (unpaired) electrons. The van der Waals surface area contributed by atoms with Crippen molar-refractivity contribution in [3.05, 3.63) is 191 Å². The molecule has 48 heavy (non-hydrogen) atoms. The highest BCUT2D eigenvalue weighted by molar-refractivity contribution is 9.10. The molecule has 0 aliphatic heterocycles. The van der Waals surface area contributed by atoms with Gasteiger partial charge in [-0.3, -0.25) is 0 Å². The van der Waals surface area contributed by atoms with Crippen molar-refractivity contribution < 1.29 is 0 Å². The van der Waals surface area contributed by atoms with Gasteiger partial charge in [0.15, 0.2) is 0 Å². The second kappa shape index (κ2) is 13.7. The fraction of sp³-hybridized carbons (Fsp3) is 0.130. The van der Waals surface area contributed by atoms with Gasteiger partial charge < -0.3 is 4.90 Å². The van der Waals surface area contributed by atoms with E-state index in [1.54, 1.807) is 0 Å². The molecule has 6 aromatic carbocycles. The Morgan fingerprint density at radius 2 is 1.17 bits per heavy atom. The lowest BCUT2D eigenvalue weighted by molar-refractivity contribution is 0.657. The molecule has 0 N–H and O–H groups in total. The van der Waals surface area contributed by atoms with Crippen LogP contribution < -0.4 is 4.90 Å². The van der Waals surface area contributed by atoms with Gasteiger partial charge in [-0.2, -0.15) is 0 Å². The minimum absolute atomic E-state index is 0.104. The van der Waals surface area contributed by atoms with Crippen LogP contribution in [0.4, 0.5) is 17.1 Å². The molecule has 1 nitrogen and oxygen atoms in total. The Hall–Kier alpha value is -4.92. The molecule has 0 spiro atoms. The smallest absolute Gasteiger partial charge is 0.0544 e. The molecular formula is C46H40BrN. The predicted octanol–water partition coefficient (Wildman–Crippen LogP) is 13.6. The van der Waals surface area contributed by atoms with Gasteiger partial charge in [-0.15, -0.1) is 0 Å². The molecule has 0 amide bonds. The highest BCUT2D eigenvalue weighted by Gasteiger charge is 2.39. The molecule has 0 heterocycles. The van der Waals surface area contributed by atoms with E-state index in [2.05, 4.69) is 187 Å². The van der Waals surface area contributed by atoms with E-state index in [0.717, 1.165) is 28.7 Å². The molecular weight excluding hydrogens is 646 g/mol. The van der Waals surface area contributed by atoms with Crippen LogP contribution in [-0.4, -0.2) is 0 Å². The third-order valence-electron chi connectivity index (χ3n) is 9.50. The summed E-state index contributed by atoms with van der Waals surface area (Å²) in [6.45, 7) is 6.76. The van der Waals surface area contributed by atoms with Crippen LogP contribution in [-0.2, 0) is 5.41 Å². The summed E-state index contributed by atoms with van der Waals surface area (Å²) in [7, 11) is 0. The van der Waals surface area contributed by atoms with Crippen molar-refractivity contribution in [1.82, 2.24) is 0 Å². The van der Waals surface area contributed by atoms with Crippen LogP contribution >= 0.6 is 15.9 Å². The van der Waals surface area contributed by atoms with Gasteiger partial charge in [0, 0.05) is 26.8 Å². The number of fused-ring (bicyclic) bond motifs is 3. The second-order valence-electron chi connectivity index (χ2n) is 13.1. The first-order valence-electron chi connectivity index (χ1n) is 16.8. The third kappa shape index (κ3) is 6.21. The van der Waals surface area contributed by atoms with Crippen LogP contribution in [0, 0.1) is 6.92 Å². The molecule has 2 aliphatic carbocycles. The summed E-state index contributed by atoms with van der Waals surface area (Å²) >= 11 is 3.94. The Balaban J connectivity index is 0.000000465. The lowest BCUT2D eigenvalue weighted by Crippen LogP contribution is -2.17. The lowest BCUT2D eigenvalue weighted by Gasteiger charge is -2.30. The molecule has 8 rings (SSSR count). The zero-order chi connectivity index (χ0) is 33.1. The average Bonchev–Trinajstić information content (AvgIpc) is 3.39. The second-order valence-corrected chi connectivity index (χ2v) is 13.9. The molecule has 0 saturated heterocycles. The standard InChI is InChI=1S/C39H32BrN.C7H8/c1-39(2)34-16-10-9-15-33(34)37-36(26-25-35(40)38(37)39)41(31-21-17-29(18-22-31)27-11-5-3-6-12-27)32-23-19-30(20-24-32)28-13-7-4-8-14-28;1-7-5-3-2-4-6-7/h3,5-7,9-26H,4,8H2,1-2H3;2-6H,1H3. The van der Waals surface area contributed by atoms with Crippen molar-refractivity contribution in [1.29, 1.82) is 0 Å². The van der Waals surface area contributed by atoms with Gasteiger partial charge in [0.05, 0.1) is 5.69 Å². The van der Waals surface area contributed by atoms with Crippen molar-refractivity contribution >= 4 is 38.6 Å². The number of hydrogen-bond donors (Lipinski definition) is 0. The van der Waals surface area contributed by atoms with Crippen molar-refractivity contribution in [2.45, 2.75) is 39.0 Å². The van der Waals surface area contributed by atoms with Gasteiger partial charge >= 0.3 is 0 Å². The zero-order valence-electron chi connectivity index (χ0n) is 27.8. The molecule has 2 aliphatic rings. The Morgan fingerprint density at radius 1 is 0.583 bits per heavy atom. The lowest BCUT2D eigenvalue weighted by atomic mass is 9.82. The Morgan fingerprint density at radius 3 is 1.77 bits per heavy atom. The third-order valence-corrected chi connectivity index (χ3v) is 10.2. The van der Waals surface area contributed by atoms with Crippen molar-refractivity contribution in [3.63, 3.8) is 0 Å². The summed E-state index contributed by atoms with van der Waals surface area (Å²) in [5.74, 6) is 0. The molecule has 0 bridgehead atoms. The van der Waals surface area contributed by atoms with E-state index < -0.39 is 0 Å². The average molecular weight is 687 g/mol. The van der Waals surface area contributed by atoms with Gasteiger partial charge in [-0.1, -0.05) is 163 Å². The van der Waals surface area contributed by atoms with E-state index in [1.807, 2.05) is 18.2 Å². The van der Waals surface area contributed by atoms with E-state index >= 15 is 0 Å². The number of rotatable bonds is 5. The maximum Gasteiger partial charge on any atom is 0.0544 e. The van der Waals surface area contributed by atoms with Gasteiger partial charge in [0.1, 0.15) is 0 Å². The topological polar surface area (TPSA) is 3.24 Å². The Labute approximate surface area is 294 Å². The summed E-state index contributed by atoms with van der Waals surface area (Å²) in [5, 5.41) is 0. The van der Waals surface area contributed by atoms with E-state index in [0.29, 0.717) is 0 Å². The van der Waals surface area contributed by atoms with E-state index in [4.69, 9.17) is 0 Å². The fourth-order valence-electron chi connectivity index (χ4n) is 7.04. The van der Waals surface area contributed by atoms with Crippen LogP contribution in [0.2, 0.25) is 0 Å². The van der Waals surface area contributed by atoms with Gasteiger partial charge in [-0.25, -0.2) is 0 Å². The molecule has 0 unspecified atom stereocenters. The molecule has 236 valence electrons. The minimum Gasteiger partial charge on any atom is -0.310 e. The monoisotopic (exact) mass is 685 g/mol. The van der Waals surface area contributed by atoms with Crippen LogP contribution in [0.1, 0.15) is 48.9 Å². The first kappa shape index (κ1) is 31.7. The fourth-order valence-corrected chi connectivity index (χ4v) is 7.87. The van der Waals surface area contributed by atoms with Gasteiger partial charge in [-0.05, 0) is 95.1 Å². The Bertz CT molecular complexity index is 2090. The molecule has 6 aromatic rings. The maximum absolute atomic E-state index is 3.94. The normalized spacial score (nSPS) is 13.9. The van der Waals surface area contributed by atoms with Crippen LogP contribution in [0.5, 0.6) is 0 Å². The van der Waals surface area contributed by atoms with Crippen LogP contribution in [0.3, 0.4) is 0 Å². The van der Waals surface area contributed by atoms with Gasteiger partial charge in [0.2, 0.25) is 0 Å². The summed E-state index contributed by atoms with van der Waals surface area (Å²) < 4.78 is 1.16. The predicted molar refractivity (Wildman–Crippen MR) is 209 cm³/mol. The van der Waals surface area contributed by atoms with Gasteiger partial charge in [0.25, 0.3) is 0 Å². The number of halogens is 1. The number of benzene rings is 6. The van der Waals surface area contributed by atoms with Crippen molar-refractivity contribution in [2.24, 2.45) is 0 Å². The number of aryl methyl sites for hydroxylation is 1. The van der Waals surface area contributed by atoms with Crippen molar-refractivity contribution in [2.75, 3.05) is 4.90 Å². The van der Waals surface area contributed by atoms with E-state index in [9.17, 15) is 0 Å². The quantitative estimate of drug-likeness (QED) is 0.174. The highest BCUT2D eigenvalue weighted by Crippen LogP contribution is 2.56. The SMILES string of the molecule is CC1(C)c2ccccc2-c2c(N(c3ccc(C4=CCCC=C4)cc3)c3ccc(-c4ccccc4)cc3)ccc(Br)c21.Cc1ccccc1. The highest BCUT2D eigenvalue weighted by atomic mass is 79.9. The molecule has 0 saturated carbocycles. The molecule has 0 aromatic heterocycles. The zero-order valence-corrected chi connectivity index (χ0v) is 29.4. The van der Waals surface area contributed by atoms with Crippen LogP contribution in [0.25, 0.3) is 27.8 Å². The first-order chi connectivity index (χ1) is 23.4. The summed E-state index contributed by atoms with van der Waals surface area (Å²) in [6, 6.07) is 52.3. The summed E-state index contributed by atoms with van der Waals surface area (Å²) in [4.78, 5) is 2.42. The number of nitrogens with zero attached hydrogens (tertiary/aromatic N) is 1. The molecule has 0 fully saturated rings. The summed E-state index contributed by atoms with van der Waals surface area (Å²) in [5.41, 5.74) is 15.0. The van der Waals surface area contributed by atoms with Crippen LogP contribution in [0.15, 0.2) is 168 Å².